The summed E-state index contributed by atoms with van der Waals surface area (Å²) in [6.45, 7) is 5.48. The molecule has 30 heavy (non-hydrogen) atoms. The van der Waals surface area contributed by atoms with Gasteiger partial charge in [-0.15, -0.1) is 0 Å². The lowest BCUT2D eigenvalue weighted by Crippen LogP contribution is -2.24. The summed E-state index contributed by atoms with van der Waals surface area (Å²) in [4.78, 5) is 36.0. The standard InChI is InChI=1S/C24H27NO5/c1-24(2,3)30-22(27)14-12-17-8-7-10-19(16-17)23(28)25-20-11-6-5-9-18(20)13-15-21(26)29-4/h5-11,13,15-16H,12,14H2,1-4H3,(H,25,28)/b15-13+. The van der Waals surface area contributed by atoms with Crippen LogP contribution in [-0.2, 0) is 25.5 Å². The number of hydrogen-bond donors (Lipinski definition) is 1. The van der Waals surface area contributed by atoms with Gasteiger partial charge in [0.15, 0.2) is 0 Å². The first-order valence-corrected chi connectivity index (χ1v) is 9.65. The number of hydrogen-bond acceptors (Lipinski definition) is 5. The van der Waals surface area contributed by atoms with E-state index in [2.05, 4.69) is 10.1 Å². The molecule has 1 N–H and O–H groups in total. The summed E-state index contributed by atoms with van der Waals surface area (Å²) in [6, 6.07) is 14.3. The lowest BCUT2D eigenvalue weighted by molar-refractivity contribution is -0.154. The van der Waals surface area contributed by atoms with E-state index in [4.69, 9.17) is 4.74 Å². The fraction of sp³-hybridized carbons (Fsp3) is 0.292. The van der Waals surface area contributed by atoms with Crippen molar-refractivity contribution in [2.45, 2.75) is 39.2 Å². The minimum atomic E-state index is -0.519. The third kappa shape index (κ3) is 7.54. The number of anilines is 1. The Labute approximate surface area is 176 Å². The fourth-order valence-corrected chi connectivity index (χ4v) is 2.68. The van der Waals surface area contributed by atoms with Crippen molar-refractivity contribution >= 4 is 29.6 Å². The first-order valence-electron chi connectivity index (χ1n) is 9.65. The molecule has 0 unspecified atom stereocenters. The minimum absolute atomic E-state index is 0.240. The third-order valence-corrected chi connectivity index (χ3v) is 4.04. The molecule has 0 aliphatic rings. The molecule has 6 nitrogen and oxygen atoms in total. The Hall–Kier alpha value is -3.41. The van der Waals surface area contributed by atoms with Crippen LogP contribution in [-0.4, -0.2) is 30.6 Å². The lowest BCUT2D eigenvalue weighted by Gasteiger charge is -2.19. The molecule has 0 aliphatic heterocycles. The maximum atomic E-state index is 12.7. The van der Waals surface area contributed by atoms with Gasteiger partial charge in [-0.25, -0.2) is 4.79 Å². The molecule has 0 atom stereocenters. The van der Waals surface area contributed by atoms with Gasteiger partial charge in [-0.2, -0.15) is 0 Å². The van der Waals surface area contributed by atoms with Crippen LogP contribution in [0.4, 0.5) is 5.69 Å². The number of ether oxygens (including phenoxy) is 2. The van der Waals surface area contributed by atoms with Gasteiger partial charge < -0.3 is 14.8 Å². The molecular weight excluding hydrogens is 382 g/mol. The Morgan fingerprint density at radius 3 is 2.47 bits per heavy atom. The highest BCUT2D eigenvalue weighted by molar-refractivity contribution is 6.05. The summed E-state index contributed by atoms with van der Waals surface area (Å²) in [5.74, 6) is -1.04. The third-order valence-electron chi connectivity index (χ3n) is 4.04. The zero-order chi connectivity index (χ0) is 22.1. The van der Waals surface area contributed by atoms with Gasteiger partial charge in [0.25, 0.3) is 5.91 Å². The Morgan fingerprint density at radius 2 is 1.77 bits per heavy atom. The molecule has 6 heteroatoms. The topological polar surface area (TPSA) is 81.7 Å². The monoisotopic (exact) mass is 409 g/mol. The van der Waals surface area contributed by atoms with Crippen LogP contribution in [0.1, 0.15) is 48.7 Å². The molecule has 0 saturated carbocycles. The molecule has 0 spiro atoms. The maximum absolute atomic E-state index is 12.7. The molecule has 0 fully saturated rings. The molecule has 0 heterocycles. The van der Waals surface area contributed by atoms with Crippen molar-refractivity contribution in [1.82, 2.24) is 0 Å². The largest absolute Gasteiger partial charge is 0.466 e. The summed E-state index contributed by atoms with van der Waals surface area (Å²) in [5.41, 5.74) is 2.07. The van der Waals surface area contributed by atoms with E-state index < -0.39 is 11.6 Å². The summed E-state index contributed by atoms with van der Waals surface area (Å²) in [7, 11) is 1.30. The number of rotatable bonds is 7. The van der Waals surface area contributed by atoms with Gasteiger partial charge in [0.1, 0.15) is 5.60 Å². The lowest BCUT2D eigenvalue weighted by atomic mass is 10.1. The van der Waals surface area contributed by atoms with E-state index in [0.29, 0.717) is 23.2 Å². The number of nitrogens with one attached hydrogen (secondary N) is 1. The molecule has 0 aliphatic carbocycles. The van der Waals surface area contributed by atoms with E-state index >= 15 is 0 Å². The Bertz CT molecular complexity index is 941. The molecule has 0 radical (unpaired) electrons. The minimum Gasteiger partial charge on any atom is -0.466 e. The predicted molar refractivity (Wildman–Crippen MR) is 116 cm³/mol. The van der Waals surface area contributed by atoms with Crippen molar-refractivity contribution in [3.63, 3.8) is 0 Å². The molecule has 2 rings (SSSR count). The molecule has 0 saturated heterocycles. The number of esters is 2. The second-order valence-electron chi connectivity index (χ2n) is 7.68. The number of methoxy groups -OCH3 is 1. The Kier molecular flexibility index (Phi) is 7.92. The molecule has 0 bridgehead atoms. The number of para-hydroxylation sites is 1. The first kappa shape index (κ1) is 22.9. The number of carbonyl (C=O) groups excluding carboxylic acids is 3. The highest BCUT2D eigenvalue weighted by Crippen LogP contribution is 2.19. The van der Waals surface area contributed by atoms with Gasteiger partial charge in [-0.3, -0.25) is 9.59 Å². The zero-order valence-corrected chi connectivity index (χ0v) is 17.7. The normalized spacial score (nSPS) is 11.2. The van der Waals surface area contributed by atoms with Crippen molar-refractivity contribution in [2.75, 3.05) is 12.4 Å². The van der Waals surface area contributed by atoms with Crippen LogP contribution >= 0.6 is 0 Å². The molecule has 2 aromatic rings. The van der Waals surface area contributed by atoms with Crippen LogP contribution < -0.4 is 5.32 Å². The van der Waals surface area contributed by atoms with Crippen molar-refractivity contribution in [2.24, 2.45) is 0 Å². The van der Waals surface area contributed by atoms with E-state index in [1.54, 1.807) is 42.5 Å². The smallest absolute Gasteiger partial charge is 0.330 e. The number of carbonyl (C=O) groups is 3. The van der Waals surface area contributed by atoms with E-state index in [1.165, 1.54) is 13.2 Å². The summed E-state index contributed by atoms with van der Waals surface area (Å²) < 4.78 is 9.92. The van der Waals surface area contributed by atoms with Crippen LogP contribution in [0.5, 0.6) is 0 Å². The average Bonchev–Trinajstić information content (AvgIpc) is 2.70. The van der Waals surface area contributed by atoms with Gasteiger partial charge in [0, 0.05) is 23.7 Å². The second-order valence-corrected chi connectivity index (χ2v) is 7.68. The maximum Gasteiger partial charge on any atom is 0.330 e. The van der Waals surface area contributed by atoms with Gasteiger partial charge in [0.2, 0.25) is 0 Å². The molecule has 0 aromatic heterocycles. The molecule has 1 amide bonds. The van der Waals surface area contributed by atoms with Crippen LogP contribution in [0.2, 0.25) is 0 Å². The Morgan fingerprint density at radius 1 is 1.03 bits per heavy atom. The summed E-state index contributed by atoms with van der Waals surface area (Å²) >= 11 is 0. The molecule has 158 valence electrons. The quantitative estimate of drug-likeness (QED) is 0.541. The van der Waals surface area contributed by atoms with E-state index in [9.17, 15) is 14.4 Å². The van der Waals surface area contributed by atoms with Crippen molar-refractivity contribution in [1.29, 1.82) is 0 Å². The fourth-order valence-electron chi connectivity index (χ4n) is 2.68. The average molecular weight is 409 g/mol. The summed E-state index contributed by atoms with van der Waals surface area (Å²) in [6.07, 6.45) is 3.60. The van der Waals surface area contributed by atoms with Crippen LogP contribution in [0.25, 0.3) is 6.08 Å². The van der Waals surface area contributed by atoms with Gasteiger partial charge >= 0.3 is 11.9 Å². The summed E-state index contributed by atoms with van der Waals surface area (Å²) in [5, 5.41) is 2.86. The Balaban J connectivity index is 2.07. The van der Waals surface area contributed by atoms with E-state index in [1.807, 2.05) is 32.9 Å². The SMILES string of the molecule is COC(=O)/C=C/c1ccccc1NC(=O)c1cccc(CCC(=O)OC(C)(C)C)c1. The molecular formula is C24H27NO5. The van der Waals surface area contributed by atoms with Crippen LogP contribution in [0.3, 0.4) is 0 Å². The van der Waals surface area contributed by atoms with Gasteiger partial charge in [0.05, 0.1) is 7.11 Å². The number of amides is 1. The zero-order valence-electron chi connectivity index (χ0n) is 17.7. The van der Waals surface area contributed by atoms with Crippen molar-refractivity contribution < 1.29 is 23.9 Å². The van der Waals surface area contributed by atoms with Gasteiger partial charge in [-0.05, 0) is 62.6 Å². The van der Waals surface area contributed by atoms with Crippen LogP contribution in [0, 0.1) is 0 Å². The highest BCUT2D eigenvalue weighted by Gasteiger charge is 2.16. The van der Waals surface area contributed by atoms with E-state index in [-0.39, 0.29) is 18.3 Å². The number of benzene rings is 2. The first-order chi connectivity index (χ1) is 14.2. The van der Waals surface area contributed by atoms with Crippen LogP contribution in [0.15, 0.2) is 54.6 Å². The predicted octanol–water partition coefficient (Wildman–Crippen LogP) is 4.40. The molecule has 2 aromatic carbocycles. The highest BCUT2D eigenvalue weighted by atomic mass is 16.6. The second kappa shape index (κ2) is 10.4. The van der Waals surface area contributed by atoms with E-state index in [0.717, 1.165) is 5.56 Å². The van der Waals surface area contributed by atoms with Gasteiger partial charge in [-0.1, -0.05) is 30.3 Å². The van der Waals surface area contributed by atoms with Crippen molar-refractivity contribution in [3.8, 4) is 0 Å². The number of aryl methyl sites for hydroxylation is 1. The van der Waals surface area contributed by atoms with Crippen molar-refractivity contribution in [3.05, 3.63) is 71.3 Å².